The summed E-state index contributed by atoms with van der Waals surface area (Å²) in [7, 11) is 0. The smallest absolute Gasteiger partial charge is 0.241 e. The minimum atomic E-state index is -0.737. The quantitative estimate of drug-likeness (QED) is 0.761. The standard InChI is InChI=1S/C22H28FN5O2/c1-2-19(14-5-7-15(23)8-6-14)28-17-10-20(22(28)30)26(12-17)13-18(25)21(29)27-9-3-4-16(27)11-24/h5-8,16-20H,2-4,9-10,12-13,25H2,1H3/t16-,17+,18-,19-,20+/m0/s1. The Labute approximate surface area is 176 Å². The van der Waals surface area contributed by atoms with Gasteiger partial charge in [-0.1, -0.05) is 19.1 Å². The van der Waals surface area contributed by atoms with E-state index in [1.54, 1.807) is 17.0 Å². The number of halogens is 1. The highest BCUT2D eigenvalue weighted by Gasteiger charge is 2.52. The van der Waals surface area contributed by atoms with Crippen molar-refractivity contribution in [1.29, 1.82) is 5.26 Å². The molecule has 30 heavy (non-hydrogen) atoms. The van der Waals surface area contributed by atoms with Crippen molar-refractivity contribution in [2.24, 2.45) is 5.73 Å². The number of carbonyl (C=O) groups excluding carboxylic acids is 2. The summed E-state index contributed by atoms with van der Waals surface area (Å²) in [6.45, 7) is 3.60. The van der Waals surface area contributed by atoms with E-state index < -0.39 is 12.1 Å². The molecule has 1 aromatic carbocycles. The summed E-state index contributed by atoms with van der Waals surface area (Å²) in [6.07, 6.45) is 2.99. The van der Waals surface area contributed by atoms with Gasteiger partial charge in [0.2, 0.25) is 11.8 Å². The SMILES string of the molecule is CC[C@@H](c1ccc(F)cc1)N1C(=O)[C@H]2C[C@@H]1CN2C[C@H](N)C(=O)N1CCC[C@H]1C#N. The lowest BCUT2D eigenvalue weighted by Crippen LogP contribution is -2.56. The molecule has 3 aliphatic rings. The lowest BCUT2D eigenvalue weighted by Gasteiger charge is -2.39. The molecule has 4 rings (SSSR count). The molecule has 160 valence electrons. The number of rotatable bonds is 6. The molecule has 1 aromatic rings. The Bertz CT molecular complexity index is 854. The second-order valence-corrected chi connectivity index (χ2v) is 8.51. The fourth-order valence-corrected chi connectivity index (χ4v) is 5.29. The van der Waals surface area contributed by atoms with Crippen molar-refractivity contribution >= 4 is 11.8 Å². The van der Waals surface area contributed by atoms with Gasteiger partial charge in [0.05, 0.1) is 24.2 Å². The summed E-state index contributed by atoms with van der Waals surface area (Å²) in [6, 6.07) is 7.12. The molecule has 2 N–H and O–H groups in total. The van der Waals surface area contributed by atoms with Crippen LogP contribution in [0.2, 0.25) is 0 Å². The molecule has 0 saturated carbocycles. The maximum atomic E-state index is 13.3. The number of benzene rings is 1. The van der Waals surface area contributed by atoms with E-state index in [2.05, 4.69) is 6.07 Å². The van der Waals surface area contributed by atoms with Crippen LogP contribution in [0.5, 0.6) is 0 Å². The van der Waals surface area contributed by atoms with E-state index in [0.717, 1.165) is 24.8 Å². The van der Waals surface area contributed by atoms with E-state index >= 15 is 0 Å². The molecule has 0 aromatic heterocycles. The zero-order valence-corrected chi connectivity index (χ0v) is 17.2. The number of amides is 2. The van der Waals surface area contributed by atoms with Crippen molar-refractivity contribution in [3.05, 3.63) is 35.6 Å². The lowest BCUT2D eigenvalue weighted by atomic mass is 10.0. The van der Waals surface area contributed by atoms with Gasteiger partial charge in [-0.2, -0.15) is 5.26 Å². The Hall–Kier alpha value is -2.50. The Morgan fingerprint density at radius 2 is 2.10 bits per heavy atom. The molecule has 8 heteroatoms. The Morgan fingerprint density at radius 3 is 2.73 bits per heavy atom. The van der Waals surface area contributed by atoms with Gasteiger partial charge < -0.3 is 15.5 Å². The minimum Gasteiger partial charge on any atom is -0.330 e. The molecule has 3 aliphatic heterocycles. The molecular weight excluding hydrogens is 385 g/mol. The van der Waals surface area contributed by atoms with Crippen LogP contribution in [0.15, 0.2) is 24.3 Å². The van der Waals surface area contributed by atoms with Crippen LogP contribution in [0.1, 0.15) is 44.2 Å². The van der Waals surface area contributed by atoms with Gasteiger partial charge in [0.25, 0.3) is 0 Å². The van der Waals surface area contributed by atoms with Gasteiger partial charge in [-0.05, 0) is 43.4 Å². The van der Waals surface area contributed by atoms with Gasteiger partial charge in [-0.15, -0.1) is 0 Å². The molecule has 0 aliphatic carbocycles. The van der Waals surface area contributed by atoms with Crippen LogP contribution in [0.25, 0.3) is 0 Å². The van der Waals surface area contributed by atoms with E-state index in [9.17, 15) is 19.2 Å². The van der Waals surface area contributed by atoms with Gasteiger partial charge >= 0.3 is 0 Å². The molecule has 3 saturated heterocycles. The monoisotopic (exact) mass is 413 g/mol. The summed E-state index contributed by atoms with van der Waals surface area (Å²) >= 11 is 0. The van der Waals surface area contributed by atoms with Crippen molar-refractivity contribution in [1.82, 2.24) is 14.7 Å². The highest BCUT2D eigenvalue weighted by Crippen LogP contribution is 2.39. The van der Waals surface area contributed by atoms with E-state index in [1.807, 2.05) is 16.7 Å². The predicted octanol–water partition coefficient (Wildman–Crippen LogP) is 1.40. The molecule has 0 unspecified atom stereocenters. The normalized spacial score (nSPS) is 28.1. The van der Waals surface area contributed by atoms with E-state index in [-0.39, 0.29) is 35.8 Å². The number of fused-ring (bicyclic) bond motifs is 2. The fraction of sp³-hybridized carbons (Fsp3) is 0.591. The molecule has 2 bridgehead atoms. The first-order valence-electron chi connectivity index (χ1n) is 10.7. The maximum absolute atomic E-state index is 13.3. The molecule has 7 nitrogen and oxygen atoms in total. The largest absolute Gasteiger partial charge is 0.330 e. The van der Waals surface area contributed by atoms with Crippen molar-refractivity contribution in [3.63, 3.8) is 0 Å². The van der Waals surface area contributed by atoms with E-state index in [4.69, 9.17) is 5.73 Å². The third-order valence-corrected chi connectivity index (χ3v) is 6.72. The number of hydrogen-bond donors (Lipinski definition) is 1. The second-order valence-electron chi connectivity index (χ2n) is 8.51. The molecule has 3 heterocycles. The molecule has 2 amide bonds. The summed E-state index contributed by atoms with van der Waals surface area (Å²) in [5.74, 6) is -0.439. The molecule has 0 radical (unpaired) electrons. The van der Waals surface area contributed by atoms with Crippen LogP contribution in [0.3, 0.4) is 0 Å². The van der Waals surface area contributed by atoms with Crippen LogP contribution in [0.4, 0.5) is 4.39 Å². The van der Waals surface area contributed by atoms with Crippen LogP contribution >= 0.6 is 0 Å². The molecule has 0 spiro atoms. The third-order valence-electron chi connectivity index (χ3n) is 6.72. The Morgan fingerprint density at radius 1 is 1.37 bits per heavy atom. The van der Waals surface area contributed by atoms with Crippen molar-refractivity contribution in [2.45, 2.75) is 62.8 Å². The Kier molecular flexibility index (Phi) is 5.76. The van der Waals surface area contributed by atoms with Gasteiger partial charge in [-0.3, -0.25) is 14.5 Å². The summed E-state index contributed by atoms with van der Waals surface area (Å²) < 4.78 is 13.3. The van der Waals surface area contributed by atoms with E-state index in [1.165, 1.54) is 12.1 Å². The van der Waals surface area contributed by atoms with Gasteiger partial charge in [-0.25, -0.2) is 4.39 Å². The highest BCUT2D eigenvalue weighted by atomic mass is 19.1. The van der Waals surface area contributed by atoms with Crippen molar-refractivity contribution in [3.8, 4) is 6.07 Å². The second kappa shape index (κ2) is 8.32. The lowest BCUT2D eigenvalue weighted by molar-refractivity contribution is -0.141. The number of nitrogens with zero attached hydrogens (tertiary/aromatic N) is 4. The molecular formula is C22H28FN5O2. The third kappa shape index (κ3) is 3.57. The predicted molar refractivity (Wildman–Crippen MR) is 108 cm³/mol. The van der Waals surface area contributed by atoms with Gasteiger partial charge in [0.1, 0.15) is 11.9 Å². The first-order chi connectivity index (χ1) is 14.4. The zero-order valence-electron chi connectivity index (χ0n) is 17.2. The fourth-order valence-electron chi connectivity index (χ4n) is 5.29. The summed E-state index contributed by atoms with van der Waals surface area (Å²) in [5.41, 5.74) is 7.13. The number of piperazine rings is 1. The van der Waals surface area contributed by atoms with Crippen LogP contribution in [-0.2, 0) is 9.59 Å². The summed E-state index contributed by atoms with van der Waals surface area (Å²) in [4.78, 5) is 31.4. The van der Waals surface area contributed by atoms with Gasteiger partial charge in [0, 0.05) is 25.7 Å². The number of nitrogens with two attached hydrogens (primary N) is 1. The average molecular weight is 413 g/mol. The zero-order chi connectivity index (χ0) is 21.4. The van der Waals surface area contributed by atoms with Crippen LogP contribution < -0.4 is 5.73 Å². The summed E-state index contributed by atoms with van der Waals surface area (Å²) in [5, 5.41) is 9.22. The van der Waals surface area contributed by atoms with Crippen LogP contribution in [-0.4, -0.2) is 70.3 Å². The highest BCUT2D eigenvalue weighted by molar-refractivity contribution is 5.87. The van der Waals surface area contributed by atoms with Crippen LogP contribution in [0, 0.1) is 17.1 Å². The first kappa shape index (κ1) is 20.8. The van der Waals surface area contributed by atoms with Crippen molar-refractivity contribution in [2.75, 3.05) is 19.6 Å². The van der Waals surface area contributed by atoms with Crippen molar-refractivity contribution < 1.29 is 14.0 Å². The Balaban J connectivity index is 1.41. The molecule has 5 atom stereocenters. The number of hydrogen-bond acceptors (Lipinski definition) is 5. The van der Waals surface area contributed by atoms with E-state index in [0.29, 0.717) is 26.1 Å². The topological polar surface area (TPSA) is 93.7 Å². The number of nitriles is 1. The minimum absolute atomic E-state index is 0.0538. The number of likely N-dealkylation sites (tertiary alicyclic amines) is 3. The maximum Gasteiger partial charge on any atom is 0.241 e. The average Bonchev–Trinajstić information content (AvgIpc) is 3.45. The van der Waals surface area contributed by atoms with Gasteiger partial charge in [0.15, 0.2) is 0 Å². The first-order valence-corrected chi connectivity index (χ1v) is 10.7. The molecule has 3 fully saturated rings. The number of carbonyl (C=O) groups is 2.